The van der Waals surface area contributed by atoms with E-state index in [1.807, 2.05) is 31.2 Å². The molecule has 5 nitrogen and oxygen atoms in total. The third-order valence-electron chi connectivity index (χ3n) is 2.74. The third kappa shape index (κ3) is 7.60. The Morgan fingerprint density at radius 3 is 2.52 bits per heavy atom. The van der Waals surface area contributed by atoms with Gasteiger partial charge in [-0.15, -0.1) is 0 Å². The van der Waals surface area contributed by atoms with Crippen molar-refractivity contribution >= 4 is 23.6 Å². The first-order chi connectivity index (χ1) is 9.99. The zero-order chi connectivity index (χ0) is 15.7. The Labute approximate surface area is 129 Å². The molecule has 1 amide bonds. The van der Waals surface area contributed by atoms with Crippen LogP contribution in [0.1, 0.15) is 18.9 Å². The topological polar surface area (TPSA) is 75.6 Å². The van der Waals surface area contributed by atoms with Crippen molar-refractivity contribution in [2.24, 2.45) is 0 Å². The van der Waals surface area contributed by atoms with Crippen LogP contribution >= 0.6 is 11.8 Å². The lowest BCUT2D eigenvalue weighted by Crippen LogP contribution is -2.39. The molecule has 1 aromatic carbocycles. The summed E-state index contributed by atoms with van der Waals surface area (Å²) >= 11 is 1.61. The number of carbonyl (C=O) groups is 2. The Morgan fingerprint density at radius 2 is 1.95 bits per heavy atom. The molecule has 6 heteroatoms. The summed E-state index contributed by atoms with van der Waals surface area (Å²) in [7, 11) is 0. The molecule has 0 heterocycles. The molecule has 0 aliphatic heterocycles. The van der Waals surface area contributed by atoms with E-state index >= 15 is 0 Å². The highest BCUT2D eigenvalue weighted by Crippen LogP contribution is 2.12. The van der Waals surface area contributed by atoms with E-state index in [2.05, 4.69) is 5.32 Å². The Bertz CT molecular complexity index is 461. The maximum absolute atomic E-state index is 10.9. The quantitative estimate of drug-likeness (QED) is 0.683. The van der Waals surface area contributed by atoms with E-state index in [0.29, 0.717) is 18.8 Å². The summed E-state index contributed by atoms with van der Waals surface area (Å²) in [6.45, 7) is 3.91. The van der Waals surface area contributed by atoms with Gasteiger partial charge < -0.3 is 15.2 Å². The van der Waals surface area contributed by atoms with Crippen molar-refractivity contribution in [2.75, 3.05) is 18.1 Å². The van der Waals surface area contributed by atoms with Gasteiger partial charge in [-0.05, 0) is 31.2 Å². The average Bonchev–Trinajstić information content (AvgIpc) is 2.42. The van der Waals surface area contributed by atoms with Gasteiger partial charge in [0.1, 0.15) is 11.8 Å². The third-order valence-corrected chi connectivity index (χ3v) is 3.72. The van der Waals surface area contributed by atoms with E-state index < -0.39 is 12.0 Å². The molecule has 21 heavy (non-hydrogen) atoms. The predicted octanol–water partition coefficient (Wildman–Crippen LogP) is 2.09. The number of ether oxygens (including phenoxy) is 1. The summed E-state index contributed by atoms with van der Waals surface area (Å²) in [6, 6.07) is 7.03. The zero-order valence-corrected chi connectivity index (χ0v) is 13.1. The molecule has 2 N–H and O–H groups in total. The molecule has 0 saturated carbocycles. The average molecular weight is 311 g/mol. The number of benzene rings is 1. The predicted molar refractivity (Wildman–Crippen MR) is 83.9 cm³/mol. The molecule has 1 atom stereocenters. The molecule has 0 radical (unpaired) electrons. The standard InChI is InChI=1S/C15H21NO4S/c1-11-3-5-13(6-4-11)20-8-10-21-9-7-14(15(18)19)16-12(2)17/h3-6,14H,7-10H2,1-2H3,(H,16,17)(H,18,19). The second kappa shape index (κ2) is 9.28. The Balaban J connectivity index is 2.14. The number of thioether (sulfide) groups is 1. The van der Waals surface area contributed by atoms with Gasteiger partial charge in [0.25, 0.3) is 0 Å². The van der Waals surface area contributed by atoms with Crippen LogP contribution in [0.25, 0.3) is 0 Å². The van der Waals surface area contributed by atoms with Gasteiger partial charge in [-0.2, -0.15) is 11.8 Å². The van der Waals surface area contributed by atoms with Crippen molar-refractivity contribution in [3.8, 4) is 5.75 Å². The van der Waals surface area contributed by atoms with Gasteiger partial charge in [-0.3, -0.25) is 4.79 Å². The highest BCUT2D eigenvalue weighted by Gasteiger charge is 2.17. The van der Waals surface area contributed by atoms with Crippen LogP contribution in [0.5, 0.6) is 5.75 Å². The SMILES string of the molecule is CC(=O)NC(CCSCCOc1ccc(C)cc1)C(=O)O. The van der Waals surface area contributed by atoms with E-state index in [-0.39, 0.29) is 5.91 Å². The fourth-order valence-electron chi connectivity index (χ4n) is 1.66. The van der Waals surface area contributed by atoms with Crippen LogP contribution in [-0.4, -0.2) is 41.1 Å². The number of nitrogens with one attached hydrogen (secondary N) is 1. The van der Waals surface area contributed by atoms with E-state index in [0.717, 1.165) is 11.5 Å². The van der Waals surface area contributed by atoms with Crippen molar-refractivity contribution in [3.05, 3.63) is 29.8 Å². The lowest BCUT2D eigenvalue weighted by molar-refractivity contribution is -0.141. The summed E-state index contributed by atoms with van der Waals surface area (Å²) in [5.41, 5.74) is 1.19. The molecule has 0 aromatic heterocycles. The summed E-state index contributed by atoms with van der Waals surface area (Å²) in [5.74, 6) is 0.953. The van der Waals surface area contributed by atoms with E-state index in [4.69, 9.17) is 9.84 Å². The lowest BCUT2D eigenvalue weighted by Gasteiger charge is -2.12. The minimum absolute atomic E-state index is 0.324. The largest absolute Gasteiger partial charge is 0.493 e. The smallest absolute Gasteiger partial charge is 0.326 e. The van der Waals surface area contributed by atoms with E-state index in [1.54, 1.807) is 11.8 Å². The second-order valence-corrected chi connectivity index (χ2v) is 5.88. The number of carbonyl (C=O) groups excluding carboxylic acids is 1. The van der Waals surface area contributed by atoms with Crippen molar-refractivity contribution in [3.63, 3.8) is 0 Å². The first kappa shape index (κ1) is 17.4. The molecule has 1 aromatic rings. The van der Waals surface area contributed by atoms with Gasteiger partial charge in [0.2, 0.25) is 5.91 Å². The van der Waals surface area contributed by atoms with Crippen LogP contribution in [0.3, 0.4) is 0 Å². The maximum Gasteiger partial charge on any atom is 0.326 e. The number of aliphatic carboxylic acids is 1. The molecule has 0 aliphatic rings. The first-order valence-electron chi connectivity index (χ1n) is 6.76. The fraction of sp³-hybridized carbons (Fsp3) is 0.467. The Hall–Kier alpha value is -1.69. The number of rotatable bonds is 9. The molecule has 0 saturated heterocycles. The van der Waals surface area contributed by atoms with E-state index in [1.165, 1.54) is 12.5 Å². The number of aryl methyl sites for hydroxylation is 1. The molecular formula is C15H21NO4S. The molecule has 0 aliphatic carbocycles. The normalized spacial score (nSPS) is 11.7. The van der Waals surface area contributed by atoms with Crippen molar-refractivity contribution in [1.82, 2.24) is 5.32 Å². The first-order valence-corrected chi connectivity index (χ1v) is 7.91. The lowest BCUT2D eigenvalue weighted by atomic mass is 10.2. The summed E-state index contributed by atoms with van der Waals surface area (Å²) in [5, 5.41) is 11.4. The van der Waals surface area contributed by atoms with Crippen molar-refractivity contribution in [2.45, 2.75) is 26.3 Å². The van der Waals surface area contributed by atoms with Gasteiger partial charge in [-0.25, -0.2) is 4.79 Å². The van der Waals surface area contributed by atoms with E-state index in [9.17, 15) is 9.59 Å². The van der Waals surface area contributed by atoms with Crippen LogP contribution in [0, 0.1) is 6.92 Å². The molecule has 1 unspecified atom stereocenters. The number of carboxylic acid groups (broad SMARTS) is 1. The maximum atomic E-state index is 10.9. The highest BCUT2D eigenvalue weighted by molar-refractivity contribution is 7.99. The zero-order valence-electron chi connectivity index (χ0n) is 12.3. The highest BCUT2D eigenvalue weighted by atomic mass is 32.2. The van der Waals surface area contributed by atoms with Gasteiger partial charge in [0, 0.05) is 12.7 Å². The van der Waals surface area contributed by atoms with Gasteiger partial charge in [0.05, 0.1) is 6.61 Å². The van der Waals surface area contributed by atoms with Crippen LogP contribution < -0.4 is 10.1 Å². The minimum Gasteiger partial charge on any atom is -0.493 e. The summed E-state index contributed by atoms with van der Waals surface area (Å²) in [6.07, 6.45) is 0.407. The van der Waals surface area contributed by atoms with Crippen LogP contribution in [0.2, 0.25) is 0 Å². The summed E-state index contributed by atoms with van der Waals surface area (Å²) in [4.78, 5) is 21.8. The number of carboxylic acids is 1. The van der Waals surface area contributed by atoms with Crippen molar-refractivity contribution < 1.29 is 19.4 Å². The number of hydrogen-bond acceptors (Lipinski definition) is 4. The Morgan fingerprint density at radius 1 is 1.29 bits per heavy atom. The minimum atomic E-state index is -0.998. The fourth-order valence-corrected chi connectivity index (χ4v) is 2.47. The van der Waals surface area contributed by atoms with Crippen LogP contribution in [0.15, 0.2) is 24.3 Å². The van der Waals surface area contributed by atoms with Gasteiger partial charge in [0.15, 0.2) is 0 Å². The molecule has 1 rings (SSSR count). The molecule has 0 spiro atoms. The molecule has 116 valence electrons. The number of amides is 1. The van der Waals surface area contributed by atoms with Gasteiger partial charge >= 0.3 is 5.97 Å². The van der Waals surface area contributed by atoms with Gasteiger partial charge in [-0.1, -0.05) is 17.7 Å². The Kier molecular flexibility index (Phi) is 7.68. The number of hydrogen-bond donors (Lipinski definition) is 2. The van der Waals surface area contributed by atoms with Crippen LogP contribution in [0.4, 0.5) is 0 Å². The second-order valence-electron chi connectivity index (χ2n) is 4.65. The van der Waals surface area contributed by atoms with Crippen LogP contribution in [-0.2, 0) is 9.59 Å². The molecular weight excluding hydrogens is 290 g/mol. The summed E-state index contributed by atoms with van der Waals surface area (Å²) < 4.78 is 5.57. The molecule has 0 fully saturated rings. The molecule has 0 bridgehead atoms. The van der Waals surface area contributed by atoms with Crippen molar-refractivity contribution in [1.29, 1.82) is 0 Å². The monoisotopic (exact) mass is 311 g/mol.